The molecule has 0 aliphatic heterocycles. The molecule has 1 fully saturated rings. The summed E-state index contributed by atoms with van der Waals surface area (Å²) in [6.45, 7) is 6.07. The van der Waals surface area contributed by atoms with Crippen LogP contribution in [0.4, 0.5) is 0 Å². The molecule has 0 unspecified atom stereocenters. The summed E-state index contributed by atoms with van der Waals surface area (Å²) in [5.74, 6) is 0. The van der Waals surface area contributed by atoms with Gasteiger partial charge in [-0.25, -0.2) is 13.1 Å². The van der Waals surface area contributed by atoms with Crippen LogP contribution in [-0.4, -0.2) is 20.1 Å². The topological polar surface area (TPSA) is 66.4 Å². The third kappa shape index (κ3) is 3.16. The van der Waals surface area contributed by atoms with Gasteiger partial charge in [-0.05, 0) is 54.9 Å². The van der Waals surface area contributed by atoms with Gasteiger partial charge in [0.2, 0.25) is 10.0 Å². The Morgan fingerprint density at radius 1 is 1.32 bits per heavy atom. The van der Waals surface area contributed by atoms with E-state index in [9.17, 15) is 13.5 Å². The molecule has 2 N–H and O–H groups in total. The molecule has 106 valence electrons. The molecule has 0 radical (unpaired) electrons. The van der Waals surface area contributed by atoms with Gasteiger partial charge >= 0.3 is 0 Å². The Kier molecular flexibility index (Phi) is 3.73. The SMILES string of the molecule is Cc1cc(CO)cc(S(=O)(=O)NCC2(C)CC2)c1C. The first-order valence-corrected chi connectivity index (χ1v) is 7.96. The van der Waals surface area contributed by atoms with Crippen molar-refractivity contribution in [3.63, 3.8) is 0 Å². The summed E-state index contributed by atoms with van der Waals surface area (Å²) < 4.78 is 27.4. The molecule has 0 amide bonds. The van der Waals surface area contributed by atoms with Gasteiger partial charge in [0.15, 0.2) is 0 Å². The Morgan fingerprint density at radius 2 is 1.95 bits per heavy atom. The van der Waals surface area contributed by atoms with Crippen LogP contribution in [0.5, 0.6) is 0 Å². The fourth-order valence-corrected chi connectivity index (χ4v) is 3.57. The summed E-state index contributed by atoms with van der Waals surface area (Å²) in [5.41, 5.74) is 2.38. The largest absolute Gasteiger partial charge is 0.392 e. The molecule has 4 nitrogen and oxygen atoms in total. The van der Waals surface area contributed by atoms with Crippen molar-refractivity contribution < 1.29 is 13.5 Å². The van der Waals surface area contributed by atoms with Crippen molar-refractivity contribution in [3.05, 3.63) is 28.8 Å². The minimum atomic E-state index is -3.50. The van der Waals surface area contributed by atoms with Gasteiger partial charge in [-0.1, -0.05) is 13.0 Å². The normalized spacial score (nSPS) is 17.5. The number of sulfonamides is 1. The lowest BCUT2D eigenvalue weighted by molar-refractivity contribution is 0.281. The van der Waals surface area contributed by atoms with Gasteiger partial charge in [0.1, 0.15) is 0 Å². The van der Waals surface area contributed by atoms with Gasteiger partial charge in [0, 0.05) is 6.54 Å². The third-order valence-electron chi connectivity index (χ3n) is 3.94. The predicted octanol–water partition coefficient (Wildman–Crippen LogP) is 1.87. The zero-order valence-electron chi connectivity index (χ0n) is 11.7. The monoisotopic (exact) mass is 283 g/mol. The number of rotatable bonds is 5. The standard InChI is InChI=1S/C14H21NO3S/c1-10-6-12(8-16)7-13(11(10)2)19(17,18)15-9-14(3)4-5-14/h6-7,15-16H,4-5,8-9H2,1-3H3. The average molecular weight is 283 g/mol. The molecule has 0 atom stereocenters. The van der Waals surface area contributed by atoms with E-state index in [1.807, 2.05) is 13.0 Å². The lowest BCUT2D eigenvalue weighted by Crippen LogP contribution is -2.29. The molecule has 0 saturated heterocycles. The Hall–Kier alpha value is -0.910. The van der Waals surface area contributed by atoms with Crippen LogP contribution in [0.15, 0.2) is 17.0 Å². The molecule has 1 aliphatic rings. The van der Waals surface area contributed by atoms with Gasteiger partial charge in [-0.3, -0.25) is 0 Å². The molecule has 1 aromatic carbocycles. The van der Waals surface area contributed by atoms with Crippen LogP contribution in [0.25, 0.3) is 0 Å². The molecule has 0 bridgehead atoms. The van der Waals surface area contributed by atoms with Crippen molar-refractivity contribution in [2.24, 2.45) is 5.41 Å². The van der Waals surface area contributed by atoms with E-state index >= 15 is 0 Å². The molecule has 0 heterocycles. The summed E-state index contributed by atoms with van der Waals surface area (Å²) in [6.07, 6.45) is 2.15. The highest BCUT2D eigenvalue weighted by molar-refractivity contribution is 7.89. The quantitative estimate of drug-likeness (QED) is 0.867. The summed E-state index contributed by atoms with van der Waals surface area (Å²) in [7, 11) is -3.50. The molecule has 1 aromatic rings. The first-order valence-electron chi connectivity index (χ1n) is 6.48. The smallest absolute Gasteiger partial charge is 0.240 e. The van der Waals surface area contributed by atoms with Crippen LogP contribution in [-0.2, 0) is 16.6 Å². The fourth-order valence-electron chi connectivity index (χ4n) is 2.01. The third-order valence-corrected chi connectivity index (χ3v) is 5.47. The molecule has 2 rings (SSSR count). The number of benzene rings is 1. The summed E-state index contributed by atoms with van der Waals surface area (Å²) in [5, 5.41) is 9.20. The van der Waals surface area contributed by atoms with E-state index in [0.717, 1.165) is 24.0 Å². The summed E-state index contributed by atoms with van der Waals surface area (Å²) in [6, 6.07) is 3.37. The van der Waals surface area contributed by atoms with Gasteiger partial charge < -0.3 is 5.11 Å². The van der Waals surface area contributed by atoms with Crippen LogP contribution in [0, 0.1) is 19.3 Å². The van der Waals surface area contributed by atoms with E-state index in [1.165, 1.54) is 0 Å². The lowest BCUT2D eigenvalue weighted by Gasteiger charge is -2.15. The molecule has 19 heavy (non-hydrogen) atoms. The van der Waals surface area contributed by atoms with Crippen LogP contribution in [0.1, 0.15) is 36.5 Å². The Balaban J connectivity index is 2.30. The van der Waals surface area contributed by atoms with E-state index in [4.69, 9.17) is 0 Å². The minimum Gasteiger partial charge on any atom is -0.392 e. The molecule has 0 aromatic heterocycles. The van der Waals surface area contributed by atoms with Gasteiger partial charge in [0.25, 0.3) is 0 Å². The summed E-state index contributed by atoms with van der Waals surface area (Å²) >= 11 is 0. The molecule has 1 aliphatic carbocycles. The minimum absolute atomic E-state index is 0.130. The maximum atomic E-state index is 12.4. The Labute approximate surface area is 114 Å². The highest BCUT2D eigenvalue weighted by Crippen LogP contribution is 2.44. The molecular weight excluding hydrogens is 262 g/mol. The maximum absolute atomic E-state index is 12.4. The fraction of sp³-hybridized carbons (Fsp3) is 0.571. The first-order chi connectivity index (χ1) is 8.77. The zero-order chi connectivity index (χ0) is 14.3. The Morgan fingerprint density at radius 3 is 2.47 bits per heavy atom. The van der Waals surface area contributed by atoms with Gasteiger partial charge in [-0.15, -0.1) is 0 Å². The maximum Gasteiger partial charge on any atom is 0.240 e. The number of hydrogen-bond acceptors (Lipinski definition) is 3. The van der Waals surface area contributed by atoms with E-state index in [2.05, 4.69) is 11.6 Å². The lowest BCUT2D eigenvalue weighted by atomic mass is 10.1. The second kappa shape index (κ2) is 4.89. The zero-order valence-corrected chi connectivity index (χ0v) is 12.5. The molecule has 0 spiro atoms. The summed E-state index contributed by atoms with van der Waals surface area (Å²) in [4.78, 5) is 0.279. The van der Waals surface area contributed by atoms with Crippen molar-refractivity contribution in [1.82, 2.24) is 4.72 Å². The van der Waals surface area contributed by atoms with Crippen LogP contribution in [0.2, 0.25) is 0 Å². The van der Waals surface area contributed by atoms with E-state index < -0.39 is 10.0 Å². The number of aliphatic hydroxyl groups excluding tert-OH is 1. The van der Waals surface area contributed by atoms with Crippen molar-refractivity contribution in [2.75, 3.05) is 6.54 Å². The number of aryl methyl sites for hydroxylation is 1. The van der Waals surface area contributed by atoms with E-state index in [-0.39, 0.29) is 16.9 Å². The molecular formula is C14H21NO3S. The van der Waals surface area contributed by atoms with Gasteiger partial charge in [0.05, 0.1) is 11.5 Å². The van der Waals surface area contributed by atoms with Crippen molar-refractivity contribution in [3.8, 4) is 0 Å². The molecule has 5 heteroatoms. The highest BCUT2D eigenvalue weighted by atomic mass is 32.2. The van der Waals surface area contributed by atoms with Crippen LogP contribution < -0.4 is 4.72 Å². The van der Waals surface area contributed by atoms with E-state index in [0.29, 0.717) is 12.1 Å². The van der Waals surface area contributed by atoms with E-state index in [1.54, 1.807) is 13.0 Å². The second-order valence-corrected chi connectivity index (χ2v) is 7.56. The second-order valence-electron chi connectivity index (χ2n) is 5.83. The molecule has 1 saturated carbocycles. The van der Waals surface area contributed by atoms with Crippen molar-refractivity contribution in [1.29, 1.82) is 0 Å². The first kappa shape index (κ1) is 14.5. The van der Waals surface area contributed by atoms with Crippen molar-refractivity contribution >= 4 is 10.0 Å². The number of aliphatic hydroxyl groups is 1. The van der Waals surface area contributed by atoms with Crippen molar-refractivity contribution in [2.45, 2.75) is 45.1 Å². The highest BCUT2D eigenvalue weighted by Gasteiger charge is 2.38. The van der Waals surface area contributed by atoms with Crippen LogP contribution in [0.3, 0.4) is 0 Å². The number of hydrogen-bond donors (Lipinski definition) is 2. The van der Waals surface area contributed by atoms with Crippen LogP contribution >= 0.6 is 0 Å². The average Bonchev–Trinajstić information content (AvgIpc) is 3.09. The number of nitrogens with one attached hydrogen (secondary N) is 1. The Bertz CT molecular complexity index is 589. The van der Waals surface area contributed by atoms with Gasteiger partial charge in [-0.2, -0.15) is 0 Å². The predicted molar refractivity (Wildman–Crippen MR) is 74.4 cm³/mol.